The summed E-state index contributed by atoms with van der Waals surface area (Å²) in [5.74, 6) is 0. The third-order valence-corrected chi connectivity index (χ3v) is 5.83. The molecule has 1 aromatic rings. The lowest BCUT2D eigenvalue weighted by Gasteiger charge is -2.31. The van der Waals surface area contributed by atoms with E-state index in [1.54, 1.807) is 12.1 Å². The summed E-state index contributed by atoms with van der Waals surface area (Å²) in [5.41, 5.74) is 5.08. The van der Waals surface area contributed by atoms with E-state index in [9.17, 15) is 8.42 Å². The first-order valence-corrected chi connectivity index (χ1v) is 8.64. The molecule has 0 fully saturated rings. The average Bonchev–Trinajstić information content (AvgIpc) is 2.35. The summed E-state index contributed by atoms with van der Waals surface area (Å²) in [6.07, 6.45) is 1.24. The van der Waals surface area contributed by atoms with Crippen LogP contribution in [0.3, 0.4) is 0 Å². The van der Waals surface area contributed by atoms with Crippen molar-refractivity contribution in [2.75, 3.05) is 6.54 Å². The molecule has 3 N–H and O–H groups in total. The van der Waals surface area contributed by atoms with Crippen LogP contribution in [-0.4, -0.2) is 20.5 Å². The van der Waals surface area contributed by atoms with E-state index >= 15 is 0 Å². The lowest BCUT2D eigenvalue weighted by Crippen LogP contribution is -2.52. The summed E-state index contributed by atoms with van der Waals surface area (Å²) in [6.45, 7) is 4.05. The molecule has 1 aromatic carbocycles. The van der Waals surface area contributed by atoms with Gasteiger partial charge in [0.05, 0.1) is 5.02 Å². The van der Waals surface area contributed by atoms with Crippen molar-refractivity contribution in [1.29, 1.82) is 0 Å². The fourth-order valence-corrected chi connectivity index (χ4v) is 4.35. The molecule has 0 heterocycles. The van der Waals surface area contributed by atoms with Gasteiger partial charge in [-0.25, -0.2) is 13.1 Å². The first-order valence-electron chi connectivity index (χ1n) is 5.99. The van der Waals surface area contributed by atoms with Crippen LogP contribution in [-0.2, 0) is 10.0 Å². The Balaban J connectivity index is 0.00000361. The van der Waals surface area contributed by atoms with Crippen molar-refractivity contribution in [3.63, 3.8) is 0 Å². The summed E-state index contributed by atoms with van der Waals surface area (Å²) in [6, 6.07) is 4.67. The summed E-state index contributed by atoms with van der Waals surface area (Å²) in [4.78, 5) is 0.0668. The Labute approximate surface area is 140 Å². The number of rotatable bonds is 6. The predicted octanol–water partition coefficient (Wildman–Crippen LogP) is 3.32. The molecular formula is C12H19BrCl2N2O2S. The van der Waals surface area contributed by atoms with E-state index in [0.29, 0.717) is 12.8 Å². The smallest absolute Gasteiger partial charge is 0.242 e. The zero-order chi connectivity index (χ0) is 14.7. The van der Waals surface area contributed by atoms with Crippen molar-refractivity contribution in [2.24, 2.45) is 5.73 Å². The molecule has 0 amide bonds. The summed E-state index contributed by atoms with van der Waals surface area (Å²) in [5, 5.41) is 0.181. The lowest BCUT2D eigenvalue weighted by atomic mass is 9.95. The molecule has 1 rings (SSSR count). The van der Waals surface area contributed by atoms with Crippen LogP contribution < -0.4 is 10.5 Å². The highest BCUT2D eigenvalue weighted by Gasteiger charge is 2.31. The molecule has 0 aliphatic carbocycles. The number of hydrogen-bond acceptors (Lipinski definition) is 3. The van der Waals surface area contributed by atoms with Crippen LogP contribution in [0.4, 0.5) is 0 Å². The number of sulfonamides is 1. The van der Waals surface area contributed by atoms with E-state index in [-0.39, 0.29) is 28.9 Å². The normalized spacial score (nSPS) is 12.1. The molecule has 0 saturated carbocycles. The van der Waals surface area contributed by atoms with Crippen LogP contribution in [0.15, 0.2) is 27.6 Å². The second kappa shape index (κ2) is 7.96. The number of hydrogen-bond donors (Lipinski definition) is 2. The topological polar surface area (TPSA) is 72.2 Å². The van der Waals surface area contributed by atoms with Gasteiger partial charge in [-0.1, -0.05) is 41.4 Å². The van der Waals surface area contributed by atoms with Crippen LogP contribution in [0.2, 0.25) is 5.02 Å². The first kappa shape index (κ1) is 20.1. The molecule has 8 heteroatoms. The second-order valence-corrected chi connectivity index (χ2v) is 7.35. The van der Waals surface area contributed by atoms with Crippen LogP contribution in [0, 0.1) is 0 Å². The maximum absolute atomic E-state index is 12.4. The number of nitrogens with two attached hydrogens (primary N) is 1. The van der Waals surface area contributed by atoms with Crippen LogP contribution in [0.1, 0.15) is 26.7 Å². The Morgan fingerprint density at radius 3 is 2.30 bits per heavy atom. The van der Waals surface area contributed by atoms with Gasteiger partial charge in [-0.2, -0.15) is 0 Å². The number of benzene rings is 1. The van der Waals surface area contributed by atoms with E-state index in [2.05, 4.69) is 20.7 Å². The predicted molar refractivity (Wildman–Crippen MR) is 89.1 cm³/mol. The number of halogens is 3. The second-order valence-electron chi connectivity index (χ2n) is 4.37. The van der Waals surface area contributed by atoms with E-state index < -0.39 is 15.6 Å². The Morgan fingerprint density at radius 1 is 1.35 bits per heavy atom. The molecule has 0 saturated heterocycles. The standard InChI is InChI=1S/C12H18BrClN2O2S.ClH/c1-3-12(4-2,8-15)16-19(17,18)11-6-5-9(13)7-10(11)14;/h5-7,16H,3-4,8,15H2,1-2H3;1H. The highest BCUT2D eigenvalue weighted by molar-refractivity contribution is 9.10. The zero-order valence-electron chi connectivity index (χ0n) is 11.3. The van der Waals surface area contributed by atoms with E-state index in [0.717, 1.165) is 4.47 Å². The average molecular weight is 406 g/mol. The Bertz CT molecular complexity index is 540. The summed E-state index contributed by atoms with van der Waals surface area (Å²) in [7, 11) is -3.68. The SMILES string of the molecule is CCC(CC)(CN)NS(=O)(=O)c1ccc(Br)cc1Cl.Cl. The van der Waals surface area contributed by atoms with Gasteiger partial charge < -0.3 is 5.73 Å². The monoisotopic (exact) mass is 404 g/mol. The molecule has 0 aromatic heterocycles. The Kier molecular flexibility index (Phi) is 8.02. The quantitative estimate of drug-likeness (QED) is 0.762. The molecule has 0 radical (unpaired) electrons. The Hall–Kier alpha value is 0.150. The molecule has 0 aliphatic heterocycles. The van der Waals surface area contributed by atoms with Crippen molar-refractivity contribution in [3.05, 3.63) is 27.7 Å². The van der Waals surface area contributed by atoms with Crippen molar-refractivity contribution in [1.82, 2.24) is 4.72 Å². The van der Waals surface area contributed by atoms with Crippen molar-refractivity contribution in [3.8, 4) is 0 Å². The minimum Gasteiger partial charge on any atom is -0.329 e. The van der Waals surface area contributed by atoms with E-state index in [1.807, 2.05) is 13.8 Å². The van der Waals surface area contributed by atoms with Gasteiger partial charge in [0, 0.05) is 16.6 Å². The molecule has 0 unspecified atom stereocenters. The first-order chi connectivity index (χ1) is 8.80. The zero-order valence-corrected chi connectivity index (χ0v) is 15.3. The van der Waals surface area contributed by atoms with Gasteiger partial charge in [0.2, 0.25) is 10.0 Å². The van der Waals surface area contributed by atoms with Gasteiger partial charge in [-0.15, -0.1) is 12.4 Å². The van der Waals surface area contributed by atoms with Gasteiger partial charge in [-0.05, 0) is 31.0 Å². The van der Waals surface area contributed by atoms with Crippen molar-refractivity contribution >= 4 is 50.0 Å². The van der Waals surface area contributed by atoms with Crippen LogP contribution in [0.25, 0.3) is 0 Å². The highest BCUT2D eigenvalue weighted by atomic mass is 79.9. The molecule has 20 heavy (non-hydrogen) atoms. The van der Waals surface area contributed by atoms with E-state index in [1.165, 1.54) is 6.07 Å². The minimum atomic E-state index is -3.68. The third kappa shape index (κ3) is 4.58. The molecule has 0 spiro atoms. The largest absolute Gasteiger partial charge is 0.329 e. The van der Waals surface area contributed by atoms with Gasteiger partial charge >= 0.3 is 0 Å². The van der Waals surface area contributed by atoms with Crippen molar-refractivity contribution < 1.29 is 8.42 Å². The van der Waals surface area contributed by atoms with Gasteiger partial charge in [0.25, 0.3) is 0 Å². The highest BCUT2D eigenvalue weighted by Crippen LogP contribution is 2.27. The Morgan fingerprint density at radius 2 is 1.90 bits per heavy atom. The fraction of sp³-hybridized carbons (Fsp3) is 0.500. The fourth-order valence-electron chi connectivity index (χ4n) is 1.76. The van der Waals surface area contributed by atoms with Gasteiger partial charge in [0.15, 0.2) is 0 Å². The lowest BCUT2D eigenvalue weighted by molar-refractivity contribution is 0.363. The third-order valence-electron chi connectivity index (χ3n) is 3.28. The van der Waals surface area contributed by atoms with Gasteiger partial charge in [-0.3, -0.25) is 0 Å². The summed E-state index contributed by atoms with van der Waals surface area (Å²) >= 11 is 9.24. The van der Waals surface area contributed by atoms with Crippen molar-refractivity contribution in [2.45, 2.75) is 37.1 Å². The minimum absolute atomic E-state index is 0. The summed E-state index contributed by atoms with van der Waals surface area (Å²) < 4.78 is 28.2. The molecule has 0 aliphatic rings. The molecule has 4 nitrogen and oxygen atoms in total. The number of nitrogens with one attached hydrogen (secondary N) is 1. The molecule has 0 atom stereocenters. The van der Waals surface area contributed by atoms with Gasteiger partial charge in [0.1, 0.15) is 4.90 Å². The van der Waals surface area contributed by atoms with Crippen LogP contribution >= 0.6 is 39.9 Å². The maximum atomic E-state index is 12.4. The maximum Gasteiger partial charge on any atom is 0.242 e. The van der Waals surface area contributed by atoms with Crippen LogP contribution in [0.5, 0.6) is 0 Å². The van der Waals surface area contributed by atoms with E-state index in [4.69, 9.17) is 17.3 Å². The molecule has 0 bridgehead atoms. The molecular weight excluding hydrogens is 387 g/mol. The molecule has 116 valence electrons.